The highest BCUT2D eigenvalue weighted by atomic mass is 16.5. The molecule has 66 valence electrons. The molecule has 0 aliphatic rings. The first-order valence-electron chi connectivity index (χ1n) is 3.62. The molecule has 0 saturated carbocycles. The predicted molar refractivity (Wildman–Crippen MR) is 45.6 cm³/mol. The standard InChI is InChI=1S/C9H12O3/c1-3-7-12-9(11)6-5-8(10)4-2/h3-4H,1-2,5-7H2. The molecular formula is C9H12O3. The van der Waals surface area contributed by atoms with Crippen molar-refractivity contribution in [3.63, 3.8) is 0 Å². The first-order chi connectivity index (χ1) is 5.70. The molecule has 0 atom stereocenters. The minimum atomic E-state index is -0.384. The number of hydrogen-bond donors (Lipinski definition) is 0. The van der Waals surface area contributed by atoms with E-state index in [0.29, 0.717) is 0 Å². The van der Waals surface area contributed by atoms with Crippen molar-refractivity contribution in [3.8, 4) is 0 Å². The highest BCUT2D eigenvalue weighted by molar-refractivity contribution is 5.91. The molecule has 0 radical (unpaired) electrons. The molecule has 3 heteroatoms. The van der Waals surface area contributed by atoms with Crippen LogP contribution in [0.25, 0.3) is 0 Å². The van der Waals surface area contributed by atoms with E-state index in [1.54, 1.807) is 0 Å². The maximum Gasteiger partial charge on any atom is 0.306 e. The SMILES string of the molecule is C=CCOC(=O)CCC(=O)C=C. The van der Waals surface area contributed by atoms with Crippen molar-refractivity contribution in [2.45, 2.75) is 12.8 Å². The quantitative estimate of drug-likeness (QED) is 0.340. The Labute approximate surface area is 71.7 Å². The van der Waals surface area contributed by atoms with E-state index in [1.807, 2.05) is 0 Å². The van der Waals surface area contributed by atoms with Crippen molar-refractivity contribution in [3.05, 3.63) is 25.3 Å². The molecule has 0 unspecified atom stereocenters. The van der Waals surface area contributed by atoms with Gasteiger partial charge >= 0.3 is 5.97 Å². The van der Waals surface area contributed by atoms with Gasteiger partial charge in [-0.2, -0.15) is 0 Å². The second-order valence-corrected chi connectivity index (χ2v) is 2.14. The number of carbonyl (C=O) groups excluding carboxylic acids is 2. The van der Waals surface area contributed by atoms with Crippen molar-refractivity contribution in [2.24, 2.45) is 0 Å². The Morgan fingerprint density at radius 3 is 2.42 bits per heavy atom. The van der Waals surface area contributed by atoms with Gasteiger partial charge in [0.1, 0.15) is 6.61 Å². The van der Waals surface area contributed by atoms with Gasteiger partial charge in [0, 0.05) is 6.42 Å². The van der Waals surface area contributed by atoms with E-state index >= 15 is 0 Å². The third kappa shape index (κ3) is 5.41. The summed E-state index contributed by atoms with van der Waals surface area (Å²) in [5.41, 5.74) is 0. The summed E-state index contributed by atoms with van der Waals surface area (Å²) in [7, 11) is 0. The molecule has 0 aromatic rings. The minimum Gasteiger partial charge on any atom is -0.461 e. The second kappa shape index (κ2) is 6.34. The summed E-state index contributed by atoms with van der Waals surface area (Å²) in [5, 5.41) is 0. The third-order valence-corrected chi connectivity index (χ3v) is 1.17. The fraction of sp³-hybridized carbons (Fsp3) is 0.333. The van der Waals surface area contributed by atoms with Crippen molar-refractivity contribution >= 4 is 11.8 Å². The zero-order chi connectivity index (χ0) is 9.40. The van der Waals surface area contributed by atoms with Gasteiger partial charge in [0.2, 0.25) is 0 Å². The number of allylic oxidation sites excluding steroid dienone is 1. The van der Waals surface area contributed by atoms with Crippen LogP contribution in [-0.2, 0) is 14.3 Å². The summed E-state index contributed by atoms with van der Waals surface area (Å²) in [6, 6.07) is 0. The Kier molecular flexibility index (Phi) is 5.61. The number of hydrogen-bond acceptors (Lipinski definition) is 3. The van der Waals surface area contributed by atoms with Crippen molar-refractivity contribution < 1.29 is 14.3 Å². The summed E-state index contributed by atoms with van der Waals surface area (Å²) < 4.78 is 4.64. The van der Waals surface area contributed by atoms with Gasteiger partial charge in [-0.25, -0.2) is 0 Å². The van der Waals surface area contributed by atoms with Crippen molar-refractivity contribution in [1.29, 1.82) is 0 Å². The normalized spacial score (nSPS) is 8.67. The van der Waals surface area contributed by atoms with Crippen LogP contribution < -0.4 is 0 Å². The average molecular weight is 168 g/mol. The Balaban J connectivity index is 3.49. The van der Waals surface area contributed by atoms with E-state index in [4.69, 9.17) is 0 Å². The molecule has 0 aromatic heterocycles. The molecule has 0 spiro atoms. The third-order valence-electron chi connectivity index (χ3n) is 1.17. The van der Waals surface area contributed by atoms with Crippen LogP contribution in [0.2, 0.25) is 0 Å². The van der Waals surface area contributed by atoms with Crippen LogP contribution >= 0.6 is 0 Å². The lowest BCUT2D eigenvalue weighted by Gasteiger charge is -1.98. The Morgan fingerprint density at radius 2 is 1.92 bits per heavy atom. The summed E-state index contributed by atoms with van der Waals surface area (Å²) in [4.78, 5) is 21.4. The van der Waals surface area contributed by atoms with Crippen LogP contribution in [0, 0.1) is 0 Å². The molecule has 0 fully saturated rings. The summed E-state index contributed by atoms with van der Waals surface area (Å²) in [6.45, 7) is 6.86. The highest BCUT2D eigenvalue weighted by Gasteiger charge is 2.03. The average Bonchev–Trinajstić information content (AvgIpc) is 2.10. The van der Waals surface area contributed by atoms with Crippen LogP contribution in [0.4, 0.5) is 0 Å². The van der Waals surface area contributed by atoms with E-state index in [2.05, 4.69) is 17.9 Å². The van der Waals surface area contributed by atoms with E-state index in [0.717, 1.165) is 0 Å². The molecule has 0 rings (SSSR count). The molecule has 0 amide bonds. The lowest BCUT2D eigenvalue weighted by Crippen LogP contribution is -2.06. The fourth-order valence-electron chi connectivity index (χ4n) is 0.551. The maximum absolute atomic E-state index is 10.8. The van der Waals surface area contributed by atoms with Gasteiger partial charge in [-0.05, 0) is 6.08 Å². The topological polar surface area (TPSA) is 43.4 Å². The second-order valence-electron chi connectivity index (χ2n) is 2.14. The minimum absolute atomic E-state index is 0.110. The number of ether oxygens (including phenoxy) is 1. The molecule has 12 heavy (non-hydrogen) atoms. The van der Waals surface area contributed by atoms with Gasteiger partial charge in [0.25, 0.3) is 0 Å². The van der Waals surface area contributed by atoms with Crippen LogP contribution in [0.1, 0.15) is 12.8 Å². The molecule has 0 heterocycles. The number of rotatable bonds is 6. The molecule has 0 aliphatic carbocycles. The van der Waals surface area contributed by atoms with Gasteiger partial charge in [-0.1, -0.05) is 19.2 Å². The Morgan fingerprint density at radius 1 is 1.25 bits per heavy atom. The molecule has 0 bridgehead atoms. The highest BCUT2D eigenvalue weighted by Crippen LogP contribution is 1.94. The van der Waals surface area contributed by atoms with Gasteiger partial charge in [0.15, 0.2) is 5.78 Å². The lowest BCUT2D eigenvalue weighted by atomic mass is 10.2. The summed E-state index contributed by atoms with van der Waals surface area (Å²) in [5.74, 6) is -0.532. The van der Waals surface area contributed by atoms with Crippen molar-refractivity contribution in [2.75, 3.05) is 6.61 Å². The molecule has 0 aromatic carbocycles. The van der Waals surface area contributed by atoms with Gasteiger partial charge in [-0.15, -0.1) is 0 Å². The molecule has 0 aliphatic heterocycles. The molecule has 0 saturated heterocycles. The largest absolute Gasteiger partial charge is 0.461 e. The molecular weight excluding hydrogens is 156 g/mol. The van der Waals surface area contributed by atoms with E-state index in [-0.39, 0.29) is 31.2 Å². The van der Waals surface area contributed by atoms with Gasteiger partial charge in [-0.3, -0.25) is 9.59 Å². The maximum atomic E-state index is 10.8. The fourth-order valence-corrected chi connectivity index (χ4v) is 0.551. The van der Waals surface area contributed by atoms with Crippen LogP contribution in [-0.4, -0.2) is 18.4 Å². The predicted octanol–water partition coefficient (Wildman–Crippen LogP) is 1.25. The number of ketones is 1. The monoisotopic (exact) mass is 168 g/mol. The molecule has 0 N–H and O–H groups in total. The van der Waals surface area contributed by atoms with Crippen LogP contribution in [0.15, 0.2) is 25.3 Å². The molecule has 3 nitrogen and oxygen atoms in total. The summed E-state index contributed by atoms with van der Waals surface area (Å²) >= 11 is 0. The zero-order valence-electron chi connectivity index (χ0n) is 6.91. The van der Waals surface area contributed by atoms with Crippen molar-refractivity contribution in [1.82, 2.24) is 0 Å². The van der Waals surface area contributed by atoms with Gasteiger partial charge in [0.05, 0.1) is 6.42 Å². The van der Waals surface area contributed by atoms with Crippen LogP contribution in [0.3, 0.4) is 0 Å². The first-order valence-corrected chi connectivity index (χ1v) is 3.62. The Bertz CT molecular complexity index is 194. The smallest absolute Gasteiger partial charge is 0.306 e. The van der Waals surface area contributed by atoms with E-state index < -0.39 is 0 Å². The van der Waals surface area contributed by atoms with E-state index in [1.165, 1.54) is 12.2 Å². The lowest BCUT2D eigenvalue weighted by molar-refractivity contribution is -0.143. The van der Waals surface area contributed by atoms with E-state index in [9.17, 15) is 9.59 Å². The summed E-state index contributed by atoms with van der Waals surface area (Å²) in [6.07, 6.45) is 2.95. The number of carbonyl (C=O) groups is 2. The van der Waals surface area contributed by atoms with Gasteiger partial charge < -0.3 is 4.74 Å². The zero-order valence-corrected chi connectivity index (χ0v) is 6.91. The number of esters is 1. The Hall–Kier alpha value is -1.38. The van der Waals surface area contributed by atoms with Crippen LogP contribution in [0.5, 0.6) is 0 Å². The first kappa shape index (κ1) is 10.6.